The lowest BCUT2D eigenvalue weighted by molar-refractivity contribution is -0.254. The van der Waals surface area contributed by atoms with Gasteiger partial charge in [0.25, 0.3) is 3.79 Å². The van der Waals surface area contributed by atoms with Crippen LogP contribution in [0.1, 0.15) is 26.3 Å². The summed E-state index contributed by atoms with van der Waals surface area (Å²) in [5.41, 5.74) is 1.05. The molecule has 0 saturated carbocycles. The minimum atomic E-state index is -1.93. The van der Waals surface area contributed by atoms with E-state index >= 15 is 0 Å². The van der Waals surface area contributed by atoms with E-state index in [-0.39, 0.29) is 24.0 Å². The van der Waals surface area contributed by atoms with E-state index in [4.69, 9.17) is 54.4 Å². The molecule has 5 unspecified atom stereocenters. The van der Waals surface area contributed by atoms with Gasteiger partial charge < -0.3 is 14.2 Å². The highest BCUT2D eigenvalue weighted by atomic mass is 35.6. The van der Waals surface area contributed by atoms with E-state index in [0.29, 0.717) is 6.61 Å². The van der Waals surface area contributed by atoms with E-state index in [1.807, 2.05) is 37.3 Å². The summed E-state index contributed by atoms with van der Waals surface area (Å²) in [5, 5.41) is 7.79. The first kappa shape index (κ1) is 19.8. The summed E-state index contributed by atoms with van der Waals surface area (Å²) in [7, 11) is 0. The van der Waals surface area contributed by atoms with Crippen LogP contribution in [0.2, 0.25) is 0 Å². The second kappa shape index (κ2) is 8.24. The van der Waals surface area contributed by atoms with Gasteiger partial charge in [0.1, 0.15) is 6.10 Å². The molecule has 1 N–H and O–H groups in total. The molecule has 1 aliphatic rings. The van der Waals surface area contributed by atoms with Crippen LogP contribution >= 0.6 is 34.8 Å². The molecule has 1 aliphatic heterocycles. The maximum atomic E-state index is 7.79. The van der Waals surface area contributed by atoms with Gasteiger partial charge in [-0.1, -0.05) is 79.0 Å². The van der Waals surface area contributed by atoms with Crippen molar-refractivity contribution in [2.24, 2.45) is 11.8 Å². The summed E-state index contributed by atoms with van der Waals surface area (Å²) in [6, 6.07) is 9.83. The maximum absolute atomic E-state index is 7.79. The van der Waals surface area contributed by atoms with Gasteiger partial charge in [-0.05, 0) is 24.3 Å². The quantitative estimate of drug-likeness (QED) is 0.446. The summed E-state index contributed by atoms with van der Waals surface area (Å²) in [5.74, 6) is -0.0435. The Morgan fingerprint density at radius 2 is 1.75 bits per heavy atom. The molecule has 4 nitrogen and oxygen atoms in total. The van der Waals surface area contributed by atoms with E-state index in [0.717, 1.165) is 5.56 Å². The average molecular weight is 395 g/mol. The summed E-state index contributed by atoms with van der Waals surface area (Å²) in [6.07, 6.45) is -1.22. The van der Waals surface area contributed by atoms with Crippen molar-refractivity contribution in [1.29, 1.82) is 5.41 Å². The predicted octanol–water partition coefficient (Wildman–Crippen LogP) is 4.95. The molecule has 134 valence electrons. The Labute approximate surface area is 157 Å². The largest absolute Gasteiger partial charge is 0.445 e. The molecule has 1 saturated heterocycles. The molecule has 1 aromatic carbocycles. The summed E-state index contributed by atoms with van der Waals surface area (Å²) in [6.45, 7) is 6.56. The molecule has 0 spiro atoms. The zero-order valence-electron chi connectivity index (χ0n) is 13.8. The van der Waals surface area contributed by atoms with Gasteiger partial charge in [-0.15, -0.1) is 0 Å². The zero-order chi connectivity index (χ0) is 17.9. The van der Waals surface area contributed by atoms with E-state index in [1.54, 1.807) is 0 Å². The number of rotatable bonds is 4. The number of hydrogen-bond acceptors (Lipinski definition) is 4. The Morgan fingerprint density at radius 1 is 1.12 bits per heavy atom. The number of alkyl halides is 3. The van der Waals surface area contributed by atoms with Crippen LogP contribution in [-0.4, -0.2) is 28.2 Å². The number of ether oxygens (including phenoxy) is 3. The Kier molecular flexibility index (Phi) is 6.80. The molecular weight excluding hydrogens is 373 g/mol. The van der Waals surface area contributed by atoms with Crippen LogP contribution in [0, 0.1) is 17.2 Å². The van der Waals surface area contributed by atoms with Crippen LogP contribution in [-0.2, 0) is 20.8 Å². The van der Waals surface area contributed by atoms with Crippen LogP contribution in [0.4, 0.5) is 0 Å². The van der Waals surface area contributed by atoms with Gasteiger partial charge >= 0.3 is 0 Å². The third kappa shape index (κ3) is 4.99. The van der Waals surface area contributed by atoms with Crippen molar-refractivity contribution in [2.75, 3.05) is 0 Å². The van der Waals surface area contributed by atoms with Gasteiger partial charge in [-0.25, -0.2) is 0 Å². The third-order valence-corrected chi connectivity index (χ3v) is 5.00. The fourth-order valence-corrected chi connectivity index (χ4v) is 2.80. The first-order chi connectivity index (χ1) is 11.2. The smallest absolute Gasteiger partial charge is 0.265 e. The third-order valence-electron chi connectivity index (χ3n) is 4.48. The van der Waals surface area contributed by atoms with Gasteiger partial charge in [-0.3, -0.25) is 5.41 Å². The van der Waals surface area contributed by atoms with Gasteiger partial charge in [0, 0.05) is 0 Å². The fourth-order valence-electron chi connectivity index (χ4n) is 2.66. The lowest BCUT2D eigenvalue weighted by atomic mass is 9.84. The monoisotopic (exact) mass is 393 g/mol. The van der Waals surface area contributed by atoms with Crippen LogP contribution in [0.15, 0.2) is 30.3 Å². The molecule has 5 atom stereocenters. The van der Waals surface area contributed by atoms with Crippen molar-refractivity contribution in [3.05, 3.63) is 35.9 Å². The Hall–Kier alpha value is -0.520. The first-order valence-electron chi connectivity index (χ1n) is 7.83. The van der Waals surface area contributed by atoms with Crippen molar-refractivity contribution in [3.63, 3.8) is 0 Å². The first-order valence-corrected chi connectivity index (χ1v) is 8.97. The number of halogens is 3. The Balaban J connectivity index is 2.10. The fraction of sp³-hybridized carbons (Fsp3) is 0.588. The Bertz CT molecular complexity index is 550. The SMILES string of the molecule is CC1OC(OC(=N)C(Cl)(Cl)Cl)C(OCc2ccccc2)C(C)C1C. The number of nitrogens with one attached hydrogen (secondary N) is 1. The van der Waals surface area contributed by atoms with E-state index in [1.165, 1.54) is 0 Å². The minimum absolute atomic E-state index is 0.0512. The van der Waals surface area contributed by atoms with Crippen LogP contribution in [0.25, 0.3) is 0 Å². The van der Waals surface area contributed by atoms with Gasteiger partial charge in [0.2, 0.25) is 12.2 Å². The van der Waals surface area contributed by atoms with Crippen LogP contribution in [0.3, 0.4) is 0 Å². The van der Waals surface area contributed by atoms with E-state index in [9.17, 15) is 0 Å². The van der Waals surface area contributed by atoms with Crippen molar-refractivity contribution >= 4 is 40.7 Å². The van der Waals surface area contributed by atoms with Crippen LogP contribution < -0.4 is 0 Å². The van der Waals surface area contributed by atoms with Crippen molar-refractivity contribution < 1.29 is 14.2 Å². The molecule has 1 fully saturated rings. The molecule has 0 aliphatic carbocycles. The zero-order valence-corrected chi connectivity index (χ0v) is 16.1. The molecule has 1 heterocycles. The van der Waals surface area contributed by atoms with Gasteiger partial charge in [-0.2, -0.15) is 0 Å². The normalized spacial score (nSPS) is 30.8. The topological polar surface area (TPSA) is 51.5 Å². The molecule has 0 aromatic heterocycles. The van der Waals surface area contributed by atoms with Crippen molar-refractivity contribution in [2.45, 2.75) is 49.7 Å². The molecule has 24 heavy (non-hydrogen) atoms. The predicted molar refractivity (Wildman–Crippen MR) is 96.8 cm³/mol. The van der Waals surface area contributed by atoms with E-state index < -0.39 is 16.0 Å². The number of benzene rings is 1. The molecule has 7 heteroatoms. The second-order valence-electron chi connectivity index (χ2n) is 6.13. The second-order valence-corrected chi connectivity index (χ2v) is 8.42. The average Bonchev–Trinajstić information content (AvgIpc) is 2.52. The summed E-state index contributed by atoms with van der Waals surface area (Å²) < 4.78 is 15.5. The number of hydrogen-bond donors (Lipinski definition) is 1. The minimum Gasteiger partial charge on any atom is -0.445 e. The van der Waals surface area contributed by atoms with Crippen LogP contribution in [0.5, 0.6) is 0 Å². The molecule has 1 aromatic rings. The van der Waals surface area contributed by atoms with E-state index in [2.05, 4.69) is 13.8 Å². The molecular formula is C17H22Cl3NO3. The highest BCUT2D eigenvalue weighted by Crippen LogP contribution is 2.36. The highest BCUT2D eigenvalue weighted by Gasteiger charge is 2.44. The molecule has 2 rings (SSSR count). The van der Waals surface area contributed by atoms with Gasteiger partial charge in [0.05, 0.1) is 12.7 Å². The highest BCUT2D eigenvalue weighted by molar-refractivity contribution is 6.76. The summed E-state index contributed by atoms with van der Waals surface area (Å²) in [4.78, 5) is 0. The van der Waals surface area contributed by atoms with Crippen molar-refractivity contribution in [3.8, 4) is 0 Å². The standard InChI is InChI=1S/C17H22Cl3NO3/c1-10-11(2)14(22-9-13-7-5-4-6-8-13)15(23-12(10)3)24-16(21)17(18,19)20/h4-8,10-12,14-15,21H,9H2,1-3H3. The Morgan fingerprint density at radius 3 is 2.33 bits per heavy atom. The van der Waals surface area contributed by atoms with Crippen molar-refractivity contribution in [1.82, 2.24) is 0 Å². The molecule has 0 radical (unpaired) electrons. The summed E-state index contributed by atoms with van der Waals surface area (Å²) >= 11 is 17.1. The lowest BCUT2D eigenvalue weighted by Gasteiger charge is -2.43. The molecule has 0 amide bonds. The molecule has 0 bridgehead atoms. The lowest BCUT2D eigenvalue weighted by Crippen LogP contribution is -2.51. The maximum Gasteiger partial charge on any atom is 0.265 e. The van der Waals surface area contributed by atoms with Gasteiger partial charge in [0.15, 0.2) is 0 Å².